The van der Waals surface area contributed by atoms with Crippen LogP contribution in [-0.2, 0) is 0 Å². The van der Waals surface area contributed by atoms with Crippen molar-refractivity contribution in [1.82, 2.24) is 18.8 Å². The second kappa shape index (κ2) is 4.92. The second-order valence-electron chi connectivity index (χ2n) is 5.91. The summed E-state index contributed by atoms with van der Waals surface area (Å²) in [4.78, 5) is 34.5. The molecule has 0 amide bonds. The number of rotatable bonds is 2. The lowest BCUT2D eigenvalue weighted by molar-refractivity contribution is 0.398. The maximum absolute atomic E-state index is 13.1. The molecule has 26 heavy (non-hydrogen) atoms. The Morgan fingerprint density at radius 1 is 0.692 bits per heavy atom. The minimum Gasteiger partial charge on any atom is -0.481 e. The predicted molar refractivity (Wildman–Crippen MR) is 95.8 cm³/mol. The number of ether oxygens (including phenoxy) is 2. The Kier molecular flexibility index (Phi) is 2.77. The van der Waals surface area contributed by atoms with Crippen LogP contribution in [0.2, 0.25) is 0 Å². The second-order valence-corrected chi connectivity index (χ2v) is 5.91. The van der Waals surface area contributed by atoms with Crippen molar-refractivity contribution in [2.75, 3.05) is 14.2 Å². The molecule has 0 saturated carbocycles. The van der Waals surface area contributed by atoms with Gasteiger partial charge in [-0.1, -0.05) is 0 Å². The van der Waals surface area contributed by atoms with E-state index in [0.29, 0.717) is 33.6 Å². The Labute approximate surface area is 145 Å². The van der Waals surface area contributed by atoms with E-state index in [2.05, 4.69) is 9.97 Å². The van der Waals surface area contributed by atoms with Crippen LogP contribution in [0.5, 0.6) is 11.8 Å². The molecule has 0 fully saturated rings. The zero-order valence-corrected chi connectivity index (χ0v) is 13.9. The highest BCUT2D eigenvalue weighted by atomic mass is 16.5. The average Bonchev–Trinajstić information content (AvgIpc) is 3.24. The van der Waals surface area contributed by atoms with E-state index in [1.165, 1.54) is 35.4 Å². The molecule has 0 spiro atoms. The third-order valence-electron chi connectivity index (χ3n) is 4.59. The summed E-state index contributed by atoms with van der Waals surface area (Å²) in [5.74, 6) is 0.836. The largest absolute Gasteiger partial charge is 0.481 e. The molecule has 0 aliphatic carbocycles. The summed E-state index contributed by atoms with van der Waals surface area (Å²) in [6.07, 6.45) is 3.07. The molecule has 0 saturated heterocycles. The molecule has 0 aromatic carbocycles. The van der Waals surface area contributed by atoms with Gasteiger partial charge in [0, 0.05) is 22.9 Å². The van der Waals surface area contributed by atoms with E-state index in [-0.39, 0.29) is 22.2 Å². The summed E-state index contributed by atoms with van der Waals surface area (Å²) in [6.45, 7) is 0. The molecule has 0 aliphatic rings. The van der Waals surface area contributed by atoms with E-state index < -0.39 is 0 Å². The summed E-state index contributed by atoms with van der Waals surface area (Å²) >= 11 is 0. The maximum atomic E-state index is 13.1. The van der Waals surface area contributed by atoms with Gasteiger partial charge < -0.3 is 9.47 Å². The molecule has 0 radical (unpaired) electrons. The first-order chi connectivity index (χ1) is 12.6. The van der Waals surface area contributed by atoms with Gasteiger partial charge in [-0.3, -0.25) is 18.4 Å². The van der Waals surface area contributed by atoms with Crippen LogP contribution < -0.4 is 20.6 Å². The van der Waals surface area contributed by atoms with Crippen molar-refractivity contribution in [3.05, 3.63) is 57.4 Å². The SMILES string of the molecule is COc1cc2cc3c(=O)n4c(cc5cc(OC)ncc54)c(=O)n3c2cn1. The van der Waals surface area contributed by atoms with E-state index in [0.717, 1.165) is 0 Å². The van der Waals surface area contributed by atoms with Gasteiger partial charge in [0.05, 0.1) is 37.6 Å². The minimum absolute atomic E-state index is 0.279. The van der Waals surface area contributed by atoms with Gasteiger partial charge in [0.15, 0.2) is 0 Å². The number of fused-ring (bicyclic) bond motifs is 6. The van der Waals surface area contributed by atoms with Crippen LogP contribution in [0.25, 0.3) is 32.8 Å². The van der Waals surface area contributed by atoms with Gasteiger partial charge >= 0.3 is 0 Å². The Morgan fingerprint density at radius 3 is 1.50 bits per heavy atom. The normalized spacial score (nSPS) is 11.8. The van der Waals surface area contributed by atoms with Crippen molar-refractivity contribution in [1.29, 1.82) is 0 Å². The van der Waals surface area contributed by atoms with Crippen LogP contribution in [0, 0.1) is 0 Å². The van der Waals surface area contributed by atoms with E-state index in [4.69, 9.17) is 9.47 Å². The fourth-order valence-electron chi connectivity index (χ4n) is 3.38. The first-order valence-electron chi connectivity index (χ1n) is 7.82. The number of methoxy groups -OCH3 is 2. The van der Waals surface area contributed by atoms with Gasteiger partial charge in [-0.05, 0) is 12.1 Å². The number of hydrogen-bond acceptors (Lipinski definition) is 6. The first kappa shape index (κ1) is 14.6. The van der Waals surface area contributed by atoms with Gasteiger partial charge in [-0.25, -0.2) is 9.97 Å². The molecular formula is C18H12N4O4. The Balaban J connectivity index is 2.01. The summed E-state index contributed by atoms with van der Waals surface area (Å²) in [5, 5.41) is 1.42. The molecule has 5 rings (SSSR count). The Morgan fingerprint density at radius 2 is 1.12 bits per heavy atom. The van der Waals surface area contributed by atoms with Crippen molar-refractivity contribution >= 4 is 32.8 Å². The lowest BCUT2D eigenvalue weighted by Crippen LogP contribution is -2.25. The standard InChI is InChI=1S/C18H12N4O4/c1-25-15-5-9-3-11-17(23)22-12(18(24)21(11)13(9)7-19-15)4-10-6-16(26-2)20-8-14(10)22/h3-8H,1-2H3. The Hall–Kier alpha value is -3.68. The predicted octanol–water partition coefficient (Wildman–Crippen LogP) is 1.46. The summed E-state index contributed by atoms with van der Waals surface area (Å²) < 4.78 is 13.0. The van der Waals surface area contributed by atoms with Crippen molar-refractivity contribution < 1.29 is 9.47 Å². The Bertz CT molecular complexity index is 1340. The lowest BCUT2D eigenvalue weighted by Gasteiger charge is -2.01. The van der Waals surface area contributed by atoms with Crippen LogP contribution in [0.15, 0.2) is 46.2 Å². The van der Waals surface area contributed by atoms with Crippen LogP contribution in [-0.4, -0.2) is 33.0 Å². The lowest BCUT2D eigenvalue weighted by atomic mass is 10.3. The van der Waals surface area contributed by atoms with Gasteiger partial charge in [0.1, 0.15) is 11.0 Å². The molecule has 5 aromatic rings. The van der Waals surface area contributed by atoms with E-state index >= 15 is 0 Å². The smallest absolute Gasteiger partial charge is 0.280 e. The van der Waals surface area contributed by atoms with E-state index in [9.17, 15) is 9.59 Å². The molecule has 0 bridgehead atoms. The minimum atomic E-state index is -0.295. The zero-order chi connectivity index (χ0) is 18.0. The molecule has 0 atom stereocenters. The van der Waals surface area contributed by atoms with Crippen LogP contribution in [0.3, 0.4) is 0 Å². The van der Waals surface area contributed by atoms with Crippen molar-refractivity contribution in [3.8, 4) is 11.8 Å². The molecule has 5 aromatic heterocycles. The average molecular weight is 348 g/mol. The van der Waals surface area contributed by atoms with Crippen LogP contribution >= 0.6 is 0 Å². The maximum Gasteiger partial charge on any atom is 0.280 e. The molecule has 5 heterocycles. The quantitative estimate of drug-likeness (QED) is 0.480. The molecule has 128 valence electrons. The molecule has 0 N–H and O–H groups in total. The van der Waals surface area contributed by atoms with Gasteiger partial charge in [0.25, 0.3) is 11.1 Å². The molecule has 0 unspecified atom stereocenters. The molecular weight excluding hydrogens is 336 g/mol. The summed E-state index contributed by atoms with van der Waals surface area (Å²) in [5.41, 5.74) is 1.09. The van der Waals surface area contributed by atoms with Crippen molar-refractivity contribution in [2.24, 2.45) is 0 Å². The number of hydrogen-bond donors (Lipinski definition) is 0. The monoisotopic (exact) mass is 348 g/mol. The highest BCUT2D eigenvalue weighted by Gasteiger charge is 2.17. The molecule has 0 aliphatic heterocycles. The van der Waals surface area contributed by atoms with Crippen molar-refractivity contribution in [3.63, 3.8) is 0 Å². The molecule has 8 nitrogen and oxygen atoms in total. The fourth-order valence-corrected chi connectivity index (χ4v) is 3.38. The summed E-state index contributed by atoms with van der Waals surface area (Å²) in [7, 11) is 3.03. The highest BCUT2D eigenvalue weighted by molar-refractivity contribution is 5.91. The van der Waals surface area contributed by atoms with E-state index in [1.807, 2.05) is 0 Å². The topological polar surface area (TPSA) is 87.2 Å². The van der Waals surface area contributed by atoms with Gasteiger partial charge in [-0.15, -0.1) is 0 Å². The third kappa shape index (κ3) is 1.72. The van der Waals surface area contributed by atoms with Gasteiger partial charge in [0.2, 0.25) is 11.8 Å². The highest BCUT2D eigenvalue weighted by Crippen LogP contribution is 2.23. The van der Waals surface area contributed by atoms with Gasteiger partial charge in [-0.2, -0.15) is 0 Å². The number of nitrogens with zero attached hydrogens (tertiary/aromatic N) is 4. The third-order valence-corrected chi connectivity index (χ3v) is 4.59. The number of aromatic nitrogens is 4. The summed E-state index contributed by atoms with van der Waals surface area (Å²) in [6, 6.07) is 6.74. The number of pyridine rings is 2. The molecule has 8 heteroatoms. The van der Waals surface area contributed by atoms with E-state index in [1.54, 1.807) is 24.3 Å². The first-order valence-corrected chi connectivity index (χ1v) is 7.82. The van der Waals surface area contributed by atoms with Crippen LogP contribution in [0.1, 0.15) is 0 Å². The fraction of sp³-hybridized carbons (Fsp3) is 0.111. The van der Waals surface area contributed by atoms with Crippen LogP contribution in [0.4, 0.5) is 0 Å². The van der Waals surface area contributed by atoms with Crippen molar-refractivity contribution in [2.45, 2.75) is 0 Å². The zero-order valence-electron chi connectivity index (χ0n) is 13.9.